The molecule has 2 nitrogen and oxygen atoms in total. The van der Waals surface area contributed by atoms with Crippen molar-refractivity contribution in [2.75, 3.05) is 12.3 Å². The largest absolute Gasteiger partial charge is 0.314 e. The maximum atomic E-state index is 11.8. The fraction of sp³-hybridized carbons (Fsp3) is 1.00. The van der Waals surface area contributed by atoms with Gasteiger partial charge in [0.15, 0.2) is 0 Å². The fourth-order valence-corrected chi connectivity index (χ4v) is 3.68. The Balaban J connectivity index is 2.23. The van der Waals surface area contributed by atoms with Crippen molar-refractivity contribution < 1.29 is 4.21 Å². The van der Waals surface area contributed by atoms with E-state index in [1.54, 1.807) is 0 Å². The third-order valence-corrected chi connectivity index (χ3v) is 4.68. The number of rotatable bonds is 5. The molecule has 0 amide bonds. The zero-order valence-corrected chi connectivity index (χ0v) is 9.53. The first kappa shape index (κ1) is 11.2. The average molecular weight is 203 g/mol. The van der Waals surface area contributed by atoms with Gasteiger partial charge < -0.3 is 5.32 Å². The van der Waals surface area contributed by atoms with Gasteiger partial charge in [0.2, 0.25) is 0 Å². The minimum absolute atomic E-state index is 0.409. The van der Waals surface area contributed by atoms with Crippen LogP contribution in [0, 0.1) is 0 Å². The highest BCUT2D eigenvalue weighted by Gasteiger charge is 2.22. The van der Waals surface area contributed by atoms with Crippen molar-refractivity contribution in [1.82, 2.24) is 5.32 Å². The molecular weight excluding hydrogens is 182 g/mol. The van der Waals surface area contributed by atoms with E-state index in [2.05, 4.69) is 19.2 Å². The topological polar surface area (TPSA) is 29.1 Å². The maximum Gasteiger partial charge on any atom is 0.0388 e. The Morgan fingerprint density at radius 2 is 2.08 bits per heavy atom. The summed E-state index contributed by atoms with van der Waals surface area (Å²) in [4.78, 5) is 0. The van der Waals surface area contributed by atoms with Crippen LogP contribution in [0.4, 0.5) is 0 Å². The zero-order chi connectivity index (χ0) is 9.68. The molecule has 1 saturated carbocycles. The predicted octanol–water partition coefficient (Wildman–Crippen LogP) is 1.68. The van der Waals surface area contributed by atoms with Gasteiger partial charge in [-0.1, -0.05) is 19.8 Å². The van der Waals surface area contributed by atoms with Gasteiger partial charge >= 0.3 is 0 Å². The molecule has 2 atom stereocenters. The summed E-state index contributed by atoms with van der Waals surface area (Å²) < 4.78 is 11.8. The third-order valence-electron chi connectivity index (χ3n) is 2.64. The summed E-state index contributed by atoms with van der Waals surface area (Å²) in [5.74, 6) is 0.832. The number of nitrogens with one attached hydrogen (secondary N) is 1. The van der Waals surface area contributed by atoms with Crippen molar-refractivity contribution in [3.63, 3.8) is 0 Å². The lowest BCUT2D eigenvalue weighted by Crippen LogP contribution is -2.33. The summed E-state index contributed by atoms with van der Waals surface area (Å²) in [6, 6.07) is 0.409. The van der Waals surface area contributed by atoms with Crippen molar-refractivity contribution >= 4 is 10.8 Å². The van der Waals surface area contributed by atoms with Gasteiger partial charge in [-0.3, -0.25) is 4.21 Å². The van der Waals surface area contributed by atoms with Crippen LogP contribution in [0.1, 0.15) is 39.5 Å². The predicted molar refractivity (Wildman–Crippen MR) is 58.4 cm³/mol. The average Bonchev–Trinajstić information content (AvgIpc) is 2.55. The standard InChI is InChI=1S/C10H21NOS/c1-3-11-9(2)8-13(12)10-6-4-5-7-10/h9-11H,3-8H2,1-2H3. The van der Waals surface area contributed by atoms with Crippen LogP contribution in [0.2, 0.25) is 0 Å². The van der Waals surface area contributed by atoms with Crippen LogP contribution in [-0.4, -0.2) is 27.8 Å². The summed E-state index contributed by atoms with van der Waals surface area (Å²) in [7, 11) is -0.589. The van der Waals surface area contributed by atoms with E-state index in [1.165, 1.54) is 25.7 Å². The van der Waals surface area contributed by atoms with E-state index in [4.69, 9.17) is 0 Å². The van der Waals surface area contributed by atoms with Gasteiger partial charge in [0.25, 0.3) is 0 Å². The minimum Gasteiger partial charge on any atom is -0.314 e. The zero-order valence-electron chi connectivity index (χ0n) is 8.71. The summed E-state index contributed by atoms with van der Waals surface area (Å²) in [6.07, 6.45) is 4.94. The van der Waals surface area contributed by atoms with Crippen molar-refractivity contribution in [2.45, 2.75) is 50.8 Å². The highest BCUT2D eigenvalue weighted by Crippen LogP contribution is 2.23. The first-order valence-corrected chi connectivity index (χ1v) is 6.72. The molecule has 0 aromatic carbocycles. The molecular formula is C10H21NOS. The van der Waals surface area contributed by atoms with Crippen LogP contribution >= 0.6 is 0 Å². The number of hydrogen-bond donors (Lipinski definition) is 1. The van der Waals surface area contributed by atoms with Gasteiger partial charge in [-0.25, -0.2) is 0 Å². The second-order valence-corrected chi connectivity index (χ2v) is 5.67. The molecule has 13 heavy (non-hydrogen) atoms. The molecule has 0 aromatic heterocycles. The van der Waals surface area contributed by atoms with Gasteiger partial charge in [0.1, 0.15) is 0 Å². The lowest BCUT2D eigenvalue weighted by atomic mass is 10.4. The summed E-state index contributed by atoms with van der Waals surface area (Å²) in [6.45, 7) is 5.19. The first-order chi connectivity index (χ1) is 6.24. The fourth-order valence-electron chi connectivity index (χ4n) is 1.94. The van der Waals surface area contributed by atoms with Crippen molar-refractivity contribution in [3.8, 4) is 0 Å². The van der Waals surface area contributed by atoms with Crippen LogP contribution in [0.15, 0.2) is 0 Å². The Morgan fingerprint density at radius 1 is 1.46 bits per heavy atom. The lowest BCUT2D eigenvalue weighted by Gasteiger charge is -2.14. The molecule has 78 valence electrons. The maximum absolute atomic E-state index is 11.8. The molecule has 0 bridgehead atoms. The second kappa shape index (κ2) is 5.76. The van der Waals surface area contributed by atoms with Crippen LogP contribution in [0.5, 0.6) is 0 Å². The van der Waals surface area contributed by atoms with Crippen LogP contribution in [0.25, 0.3) is 0 Å². The van der Waals surface area contributed by atoms with Crippen LogP contribution < -0.4 is 5.32 Å². The molecule has 1 N–H and O–H groups in total. The SMILES string of the molecule is CCNC(C)CS(=O)C1CCCC1. The highest BCUT2D eigenvalue weighted by atomic mass is 32.2. The van der Waals surface area contributed by atoms with E-state index in [0.717, 1.165) is 12.3 Å². The van der Waals surface area contributed by atoms with E-state index in [1.807, 2.05) is 0 Å². The quantitative estimate of drug-likeness (QED) is 0.736. The van der Waals surface area contributed by atoms with Crippen LogP contribution in [-0.2, 0) is 10.8 Å². The number of hydrogen-bond acceptors (Lipinski definition) is 2. The Bertz CT molecular complexity index is 166. The smallest absolute Gasteiger partial charge is 0.0388 e. The van der Waals surface area contributed by atoms with Gasteiger partial charge in [0.05, 0.1) is 0 Å². The molecule has 2 unspecified atom stereocenters. The van der Waals surface area contributed by atoms with E-state index in [0.29, 0.717) is 11.3 Å². The first-order valence-electron chi connectivity index (χ1n) is 5.34. The van der Waals surface area contributed by atoms with Gasteiger partial charge in [-0.15, -0.1) is 0 Å². The van der Waals surface area contributed by atoms with Crippen molar-refractivity contribution in [3.05, 3.63) is 0 Å². The monoisotopic (exact) mass is 203 g/mol. The van der Waals surface area contributed by atoms with E-state index in [9.17, 15) is 4.21 Å². The summed E-state index contributed by atoms with van der Waals surface area (Å²) in [5, 5.41) is 3.81. The molecule has 3 heteroatoms. The molecule has 1 aliphatic carbocycles. The Kier molecular flexibility index (Phi) is 4.96. The van der Waals surface area contributed by atoms with E-state index >= 15 is 0 Å². The Labute approximate surface area is 83.9 Å². The molecule has 0 spiro atoms. The Hall–Kier alpha value is 0.110. The molecule has 0 saturated heterocycles. The minimum atomic E-state index is -0.589. The second-order valence-electron chi connectivity index (χ2n) is 3.91. The third kappa shape index (κ3) is 3.77. The summed E-state index contributed by atoms with van der Waals surface area (Å²) >= 11 is 0. The van der Waals surface area contributed by atoms with Crippen molar-refractivity contribution in [2.24, 2.45) is 0 Å². The molecule has 0 aliphatic heterocycles. The van der Waals surface area contributed by atoms with E-state index in [-0.39, 0.29) is 0 Å². The molecule has 0 radical (unpaired) electrons. The highest BCUT2D eigenvalue weighted by molar-refractivity contribution is 7.85. The molecule has 0 aromatic rings. The van der Waals surface area contributed by atoms with Crippen molar-refractivity contribution in [1.29, 1.82) is 0 Å². The lowest BCUT2D eigenvalue weighted by molar-refractivity contribution is 0.602. The van der Waals surface area contributed by atoms with Gasteiger partial charge in [0, 0.05) is 27.8 Å². The van der Waals surface area contributed by atoms with Crippen LogP contribution in [0.3, 0.4) is 0 Å². The van der Waals surface area contributed by atoms with Gasteiger partial charge in [-0.05, 0) is 26.3 Å². The molecule has 1 aliphatic rings. The van der Waals surface area contributed by atoms with E-state index < -0.39 is 10.8 Å². The molecule has 0 heterocycles. The Morgan fingerprint density at radius 3 is 2.62 bits per heavy atom. The summed E-state index contributed by atoms with van der Waals surface area (Å²) in [5.41, 5.74) is 0. The molecule has 1 rings (SSSR count). The normalized spacial score (nSPS) is 23.2. The van der Waals surface area contributed by atoms with Gasteiger partial charge in [-0.2, -0.15) is 0 Å². The molecule has 1 fully saturated rings.